The predicted molar refractivity (Wildman–Crippen MR) is 104 cm³/mol. The summed E-state index contributed by atoms with van der Waals surface area (Å²) in [6.45, 7) is 3.89. The van der Waals surface area contributed by atoms with Crippen LogP contribution in [0.5, 0.6) is 0 Å². The van der Waals surface area contributed by atoms with Crippen LogP contribution in [0, 0.1) is 13.8 Å². The summed E-state index contributed by atoms with van der Waals surface area (Å²) in [7, 11) is 0. The van der Waals surface area contributed by atoms with Crippen molar-refractivity contribution in [2.24, 2.45) is 0 Å². The van der Waals surface area contributed by atoms with Gasteiger partial charge in [-0.15, -0.1) is 0 Å². The number of amides is 3. The number of halogens is 1. The summed E-state index contributed by atoms with van der Waals surface area (Å²) in [5.74, 6) is -1.13. The van der Waals surface area contributed by atoms with Crippen LogP contribution < -0.4 is 16.2 Å². The Bertz CT molecular complexity index is 837. The number of aryl methyl sites for hydroxylation is 2. The van der Waals surface area contributed by atoms with E-state index in [0.717, 1.165) is 21.3 Å². The van der Waals surface area contributed by atoms with Crippen molar-refractivity contribution in [2.75, 3.05) is 5.32 Å². The van der Waals surface area contributed by atoms with E-state index >= 15 is 0 Å². The summed E-state index contributed by atoms with van der Waals surface area (Å²) in [4.78, 5) is 35.7. The highest BCUT2D eigenvalue weighted by Gasteiger charge is 2.10. The third kappa shape index (κ3) is 6.00. The van der Waals surface area contributed by atoms with Crippen molar-refractivity contribution in [3.05, 3.63) is 63.6 Å². The lowest BCUT2D eigenvalue weighted by atomic mass is 10.1. The summed E-state index contributed by atoms with van der Waals surface area (Å²) in [5, 5.41) is 2.78. The minimum Gasteiger partial charge on any atom is -0.326 e. The van der Waals surface area contributed by atoms with Crippen molar-refractivity contribution in [1.29, 1.82) is 0 Å². The molecule has 0 aromatic heterocycles. The van der Waals surface area contributed by atoms with Crippen LogP contribution in [-0.2, 0) is 9.59 Å². The molecule has 136 valence electrons. The second-order valence-corrected chi connectivity index (χ2v) is 6.79. The van der Waals surface area contributed by atoms with Crippen molar-refractivity contribution < 1.29 is 14.4 Å². The van der Waals surface area contributed by atoms with Gasteiger partial charge in [-0.3, -0.25) is 25.2 Å². The molecule has 3 amide bonds. The zero-order valence-corrected chi connectivity index (χ0v) is 16.1. The van der Waals surface area contributed by atoms with E-state index in [4.69, 9.17) is 0 Å². The molecule has 0 aliphatic rings. The fourth-order valence-electron chi connectivity index (χ4n) is 2.28. The molecule has 2 aromatic carbocycles. The van der Waals surface area contributed by atoms with Gasteiger partial charge >= 0.3 is 0 Å². The molecule has 0 radical (unpaired) electrons. The summed E-state index contributed by atoms with van der Waals surface area (Å²) in [6, 6.07) is 12.5. The first-order chi connectivity index (χ1) is 12.3. The molecular weight excluding hydrogens is 398 g/mol. The first-order valence-corrected chi connectivity index (χ1v) is 8.86. The Morgan fingerprint density at radius 1 is 0.923 bits per heavy atom. The summed E-state index contributed by atoms with van der Waals surface area (Å²) < 4.78 is 0.763. The number of hydrazine groups is 1. The number of hydrogen-bond acceptors (Lipinski definition) is 3. The second-order valence-electron chi connectivity index (χ2n) is 5.88. The SMILES string of the molecule is Cc1ccc(NC(=O)CCC(=O)NNC(=O)c2cccc(Br)c2)c(C)c1. The molecule has 26 heavy (non-hydrogen) atoms. The highest BCUT2D eigenvalue weighted by molar-refractivity contribution is 9.10. The molecule has 3 N–H and O–H groups in total. The Labute approximate surface area is 160 Å². The molecule has 0 bridgehead atoms. The van der Waals surface area contributed by atoms with Gasteiger partial charge in [0.15, 0.2) is 0 Å². The maximum absolute atomic E-state index is 12.0. The lowest BCUT2D eigenvalue weighted by Gasteiger charge is -2.10. The fourth-order valence-corrected chi connectivity index (χ4v) is 2.68. The first kappa shape index (κ1) is 19.7. The fraction of sp³-hybridized carbons (Fsp3) is 0.211. The van der Waals surface area contributed by atoms with Crippen LogP contribution in [0.1, 0.15) is 34.3 Å². The van der Waals surface area contributed by atoms with Gasteiger partial charge in [-0.05, 0) is 43.7 Å². The topological polar surface area (TPSA) is 87.3 Å². The molecule has 0 saturated carbocycles. The number of benzene rings is 2. The van der Waals surface area contributed by atoms with Crippen LogP contribution in [-0.4, -0.2) is 17.7 Å². The van der Waals surface area contributed by atoms with E-state index in [1.165, 1.54) is 0 Å². The Morgan fingerprint density at radius 2 is 1.65 bits per heavy atom. The van der Waals surface area contributed by atoms with Gasteiger partial charge in [0.05, 0.1) is 0 Å². The first-order valence-electron chi connectivity index (χ1n) is 8.07. The molecule has 7 heteroatoms. The van der Waals surface area contributed by atoms with Crippen molar-refractivity contribution in [2.45, 2.75) is 26.7 Å². The van der Waals surface area contributed by atoms with Gasteiger partial charge < -0.3 is 5.32 Å². The largest absolute Gasteiger partial charge is 0.326 e. The molecule has 0 fully saturated rings. The highest BCUT2D eigenvalue weighted by atomic mass is 79.9. The van der Waals surface area contributed by atoms with Crippen LogP contribution in [0.4, 0.5) is 5.69 Å². The van der Waals surface area contributed by atoms with Crippen LogP contribution in [0.25, 0.3) is 0 Å². The number of carbonyl (C=O) groups is 3. The van der Waals surface area contributed by atoms with E-state index in [2.05, 4.69) is 32.1 Å². The zero-order chi connectivity index (χ0) is 19.1. The van der Waals surface area contributed by atoms with Gasteiger partial charge in [-0.25, -0.2) is 0 Å². The van der Waals surface area contributed by atoms with Gasteiger partial charge in [0.1, 0.15) is 0 Å². The molecule has 0 aliphatic carbocycles. The van der Waals surface area contributed by atoms with E-state index in [1.54, 1.807) is 24.3 Å². The van der Waals surface area contributed by atoms with Crippen LogP contribution in [0.15, 0.2) is 46.9 Å². The number of nitrogens with one attached hydrogen (secondary N) is 3. The Morgan fingerprint density at radius 3 is 2.35 bits per heavy atom. The molecule has 0 spiro atoms. The van der Waals surface area contributed by atoms with Crippen LogP contribution in [0.3, 0.4) is 0 Å². The van der Waals surface area contributed by atoms with Crippen molar-refractivity contribution in [1.82, 2.24) is 10.9 Å². The molecule has 2 aromatic rings. The quantitative estimate of drug-likeness (QED) is 0.652. The summed E-state index contributed by atoms with van der Waals surface area (Å²) >= 11 is 3.28. The Hall–Kier alpha value is -2.67. The third-order valence-electron chi connectivity index (χ3n) is 3.64. The van der Waals surface area contributed by atoms with Gasteiger partial charge in [0.25, 0.3) is 5.91 Å². The zero-order valence-electron chi connectivity index (χ0n) is 14.6. The Balaban J connectivity index is 1.76. The molecular formula is C19H20BrN3O3. The molecule has 0 saturated heterocycles. The monoisotopic (exact) mass is 417 g/mol. The molecule has 2 rings (SSSR count). The van der Waals surface area contributed by atoms with Crippen molar-refractivity contribution in [3.8, 4) is 0 Å². The second kappa shape index (κ2) is 9.15. The van der Waals surface area contributed by atoms with E-state index in [-0.39, 0.29) is 18.7 Å². The smallest absolute Gasteiger partial charge is 0.269 e. The minimum atomic E-state index is -0.441. The standard InChI is InChI=1S/C19H20BrN3O3/c1-12-6-7-16(13(2)10-12)21-17(24)8-9-18(25)22-23-19(26)14-4-3-5-15(20)11-14/h3-7,10-11H,8-9H2,1-2H3,(H,21,24)(H,22,25)(H,23,26). The molecule has 0 heterocycles. The molecule has 0 unspecified atom stereocenters. The molecule has 6 nitrogen and oxygen atoms in total. The maximum Gasteiger partial charge on any atom is 0.269 e. The van der Waals surface area contributed by atoms with Crippen molar-refractivity contribution >= 4 is 39.3 Å². The van der Waals surface area contributed by atoms with Crippen LogP contribution in [0.2, 0.25) is 0 Å². The van der Waals surface area contributed by atoms with Gasteiger partial charge in [-0.1, -0.05) is 39.7 Å². The summed E-state index contributed by atoms with van der Waals surface area (Å²) in [5.41, 5.74) is 7.84. The minimum absolute atomic E-state index is 0.0197. The van der Waals surface area contributed by atoms with E-state index in [0.29, 0.717) is 5.56 Å². The molecule has 0 atom stereocenters. The van der Waals surface area contributed by atoms with Gasteiger partial charge in [0, 0.05) is 28.6 Å². The molecule has 0 aliphatic heterocycles. The van der Waals surface area contributed by atoms with Gasteiger partial charge in [-0.2, -0.15) is 0 Å². The average molecular weight is 418 g/mol. The lowest BCUT2D eigenvalue weighted by molar-refractivity contribution is -0.124. The normalized spacial score (nSPS) is 10.1. The third-order valence-corrected chi connectivity index (χ3v) is 4.13. The number of carbonyl (C=O) groups excluding carboxylic acids is 3. The van der Waals surface area contributed by atoms with E-state index in [1.807, 2.05) is 32.0 Å². The Kier molecular flexibility index (Phi) is 6.91. The van der Waals surface area contributed by atoms with Gasteiger partial charge in [0.2, 0.25) is 11.8 Å². The number of hydrogen-bond donors (Lipinski definition) is 3. The average Bonchev–Trinajstić information content (AvgIpc) is 2.60. The maximum atomic E-state index is 12.0. The van der Waals surface area contributed by atoms with E-state index < -0.39 is 11.8 Å². The number of anilines is 1. The lowest BCUT2D eigenvalue weighted by Crippen LogP contribution is -2.41. The highest BCUT2D eigenvalue weighted by Crippen LogP contribution is 2.16. The van der Waals surface area contributed by atoms with Crippen LogP contribution >= 0.6 is 15.9 Å². The van der Waals surface area contributed by atoms with E-state index in [9.17, 15) is 14.4 Å². The van der Waals surface area contributed by atoms with Crippen molar-refractivity contribution in [3.63, 3.8) is 0 Å². The predicted octanol–water partition coefficient (Wildman–Crippen LogP) is 3.25. The summed E-state index contributed by atoms with van der Waals surface area (Å²) in [6.07, 6.45) is -0.0125. The number of rotatable bonds is 5.